The summed E-state index contributed by atoms with van der Waals surface area (Å²) in [7, 11) is 1.75. The fourth-order valence-electron chi connectivity index (χ4n) is 3.35. The summed E-state index contributed by atoms with van der Waals surface area (Å²) in [5.41, 5.74) is 7.26. The molecule has 24 heavy (non-hydrogen) atoms. The van der Waals surface area contributed by atoms with Crippen LogP contribution in [0.4, 0.5) is 0 Å². The van der Waals surface area contributed by atoms with E-state index in [1.807, 2.05) is 24.3 Å². The zero-order chi connectivity index (χ0) is 16.0. The molecule has 2 heterocycles. The van der Waals surface area contributed by atoms with E-state index in [0.29, 0.717) is 17.3 Å². The molecule has 0 radical (unpaired) electrons. The maximum atomic E-state index is 12.2. The van der Waals surface area contributed by atoms with Crippen LogP contribution < -0.4 is 11.3 Å². The van der Waals surface area contributed by atoms with E-state index in [1.165, 1.54) is 6.07 Å². The molecule has 0 saturated heterocycles. The largest absolute Gasteiger partial charge is 0.334 e. The molecule has 7 heteroatoms. The van der Waals surface area contributed by atoms with Crippen molar-refractivity contribution in [3.8, 4) is 11.5 Å². The summed E-state index contributed by atoms with van der Waals surface area (Å²) in [5, 5.41) is 4.99. The van der Waals surface area contributed by atoms with Gasteiger partial charge in [0.15, 0.2) is 5.82 Å². The second-order valence-corrected chi connectivity index (χ2v) is 6.26. The Morgan fingerprint density at radius 3 is 2.71 bits per heavy atom. The van der Waals surface area contributed by atoms with Gasteiger partial charge in [0.25, 0.3) is 11.4 Å². The van der Waals surface area contributed by atoms with E-state index < -0.39 is 5.54 Å². The van der Waals surface area contributed by atoms with Gasteiger partial charge in [-0.2, -0.15) is 4.98 Å². The molecule has 0 unspecified atom stereocenters. The first-order valence-electron chi connectivity index (χ1n) is 7.81. The SMILES string of the molecule is Cl.Cn1c(=O)cc(-c2nc(C3(N)CCCC3)no2)c2ccccc21. The van der Waals surface area contributed by atoms with E-state index in [2.05, 4.69) is 10.1 Å². The zero-order valence-electron chi connectivity index (χ0n) is 13.4. The molecule has 0 amide bonds. The van der Waals surface area contributed by atoms with Gasteiger partial charge >= 0.3 is 0 Å². The predicted octanol–water partition coefficient (Wildman–Crippen LogP) is 2.74. The van der Waals surface area contributed by atoms with Crippen molar-refractivity contribution in [2.75, 3.05) is 0 Å². The van der Waals surface area contributed by atoms with Crippen LogP contribution in [0.1, 0.15) is 31.5 Å². The van der Waals surface area contributed by atoms with Crippen LogP contribution >= 0.6 is 12.4 Å². The van der Waals surface area contributed by atoms with E-state index in [1.54, 1.807) is 11.6 Å². The number of nitrogens with two attached hydrogens (primary N) is 1. The van der Waals surface area contributed by atoms with Crippen LogP contribution in [-0.2, 0) is 12.6 Å². The molecule has 1 aliphatic rings. The number of nitrogens with zero attached hydrogens (tertiary/aromatic N) is 3. The summed E-state index contributed by atoms with van der Waals surface area (Å²) in [6.45, 7) is 0. The number of hydrogen-bond acceptors (Lipinski definition) is 5. The van der Waals surface area contributed by atoms with Gasteiger partial charge in [-0.25, -0.2) is 0 Å². The maximum Gasteiger partial charge on any atom is 0.258 e. The van der Waals surface area contributed by atoms with Crippen molar-refractivity contribution in [3.05, 3.63) is 46.5 Å². The summed E-state index contributed by atoms with van der Waals surface area (Å²) in [6.07, 6.45) is 3.89. The van der Waals surface area contributed by atoms with Crippen molar-refractivity contribution in [2.45, 2.75) is 31.2 Å². The lowest BCUT2D eigenvalue weighted by Crippen LogP contribution is -2.34. The normalized spacial score (nSPS) is 16.2. The van der Waals surface area contributed by atoms with Gasteiger partial charge in [-0.05, 0) is 18.9 Å². The minimum atomic E-state index is -0.503. The highest BCUT2D eigenvalue weighted by atomic mass is 35.5. The fraction of sp³-hybridized carbons (Fsp3) is 0.353. The van der Waals surface area contributed by atoms with Gasteiger partial charge in [-0.1, -0.05) is 36.2 Å². The van der Waals surface area contributed by atoms with Crippen LogP contribution in [0.15, 0.2) is 39.6 Å². The number of halogens is 1. The number of aryl methyl sites for hydroxylation is 1. The second-order valence-electron chi connectivity index (χ2n) is 6.26. The third-order valence-corrected chi connectivity index (χ3v) is 4.75. The molecule has 1 fully saturated rings. The van der Waals surface area contributed by atoms with E-state index in [-0.39, 0.29) is 18.0 Å². The molecule has 4 rings (SSSR count). The smallest absolute Gasteiger partial charge is 0.258 e. The third-order valence-electron chi connectivity index (χ3n) is 4.75. The summed E-state index contributed by atoms with van der Waals surface area (Å²) in [5.74, 6) is 0.889. The first kappa shape index (κ1) is 16.7. The molecule has 0 atom stereocenters. The van der Waals surface area contributed by atoms with Crippen LogP contribution in [0.3, 0.4) is 0 Å². The Balaban J connectivity index is 0.00000169. The van der Waals surface area contributed by atoms with Crippen molar-refractivity contribution in [1.29, 1.82) is 0 Å². The molecule has 126 valence electrons. The van der Waals surface area contributed by atoms with Crippen LogP contribution in [0.25, 0.3) is 22.4 Å². The Hall–Kier alpha value is -2.18. The van der Waals surface area contributed by atoms with Crippen molar-refractivity contribution in [1.82, 2.24) is 14.7 Å². The van der Waals surface area contributed by atoms with Gasteiger partial charge in [0.2, 0.25) is 0 Å². The Labute approximate surface area is 145 Å². The van der Waals surface area contributed by atoms with Crippen molar-refractivity contribution in [3.63, 3.8) is 0 Å². The minimum absolute atomic E-state index is 0. The number of aromatic nitrogens is 3. The topological polar surface area (TPSA) is 86.9 Å². The molecule has 1 saturated carbocycles. The van der Waals surface area contributed by atoms with Crippen LogP contribution in [0, 0.1) is 0 Å². The van der Waals surface area contributed by atoms with Crippen LogP contribution in [0.5, 0.6) is 0 Å². The molecule has 1 aromatic carbocycles. The minimum Gasteiger partial charge on any atom is -0.334 e. The number of fused-ring (bicyclic) bond motifs is 1. The third kappa shape index (κ3) is 2.52. The molecule has 0 bridgehead atoms. The monoisotopic (exact) mass is 346 g/mol. The molecule has 0 spiro atoms. The van der Waals surface area contributed by atoms with E-state index >= 15 is 0 Å². The molecule has 3 aromatic rings. The van der Waals surface area contributed by atoms with Crippen LogP contribution in [-0.4, -0.2) is 14.7 Å². The van der Waals surface area contributed by atoms with Gasteiger partial charge < -0.3 is 14.8 Å². The van der Waals surface area contributed by atoms with Crippen molar-refractivity contribution >= 4 is 23.3 Å². The average molecular weight is 347 g/mol. The number of hydrogen-bond donors (Lipinski definition) is 1. The van der Waals surface area contributed by atoms with Crippen molar-refractivity contribution in [2.24, 2.45) is 12.8 Å². The molecule has 6 nitrogen and oxygen atoms in total. The fourth-order valence-corrected chi connectivity index (χ4v) is 3.35. The number of benzene rings is 1. The van der Waals surface area contributed by atoms with Gasteiger partial charge in [0, 0.05) is 18.5 Å². The summed E-state index contributed by atoms with van der Waals surface area (Å²) in [6, 6.07) is 9.21. The lowest BCUT2D eigenvalue weighted by atomic mass is 9.98. The second kappa shape index (κ2) is 6.03. The quantitative estimate of drug-likeness (QED) is 0.771. The Kier molecular flexibility index (Phi) is 4.19. The lowest BCUT2D eigenvalue weighted by Gasteiger charge is -2.17. The summed E-state index contributed by atoms with van der Waals surface area (Å²) < 4.78 is 7.05. The zero-order valence-corrected chi connectivity index (χ0v) is 14.2. The number of pyridine rings is 1. The molecule has 2 aromatic heterocycles. The number of para-hydroxylation sites is 1. The standard InChI is InChI=1S/C17H18N4O2.ClH/c1-21-13-7-3-2-6-11(13)12(10-14(21)22)15-19-16(20-23-15)17(18)8-4-5-9-17;/h2-3,6-7,10H,4-5,8-9,18H2,1H3;1H. The summed E-state index contributed by atoms with van der Waals surface area (Å²) in [4.78, 5) is 16.7. The molecule has 1 aliphatic carbocycles. The predicted molar refractivity (Wildman–Crippen MR) is 94.1 cm³/mol. The van der Waals surface area contributed by atoms with Gasteiger partial charge in [0.05, 0.1) is 16.6 Å². The first-order chi connectivity index (χ1) is 11.1. The first-order valence-corrected chi connectivity index (χ1v) is 7.81. The van der Waals surface area contributed by atoms with Gasteiger partial charge in [0.1, 0.15) is 0 Å². The Bertz CT molecular complexity index is 941. The molecular formula is C17H19ClN4O2. The van der Waals surface area contributed by atoms with Gasteiger partial charge in [-0.3, -0.25) is 4.79 Å². The van der Waals surface area contributed by atoms with Gasteiger partial charge in [-0.15, -0.1) is 12.4 Å². The van der Waals surface area contributed by atoms with Crippen molar-refractivity contribution < 1.29 is 4.52 Å². The van der Waals surface area contributed by atoms with E-state index in [9.17, 15) is 4.79 Å². The highest BCUT2D eigenvalue weighted by Crippen LogP contribution is 2.36. The maximum absolute atomic E-state index is 12.2. The molecular weight excluding hydrogens is 328 g/mol. The molecule has 2 N–H and O–H groups in total. The average Bonchev–Trinajstić information content (AvgIpc) is 3.21. The van der Waals surface area contributed by atoms with E-state index in [4.69, 9.17) is 10.3 Å². The molecule has 0 aliphatic heterocycles. The van der Waals surface area contributed by atoms with E-state index in [0.717, 1.165) is 36.6 Å². The number of rotatable bonds is 2. The highest BCUT2D eigenvalue weighted by Gasteiger charge is 2.36. The Morgan fingerprint density at radius 1 is 1.25 bits per heavy atom. The summed E-state index contributed by atoms with van der Waals surface area (Å²) >= 11 is 0. The highest BCUT2D eigenvalue weighted by molar-refractivity contribution is 5.92. The van der Waals surface area contributed by atoms with Crippen LogP contribution in [0.2, 0.25) is 0 Å². The Morgan fingerprint density at radius 2 is 1.96 bits per heavy atom. The lowest BCUT2D eigenvalue weighted by molar-refractivity contribution is 0.373.